The molecule has 1 atom stereocenters. The van der Waals surface area contributed by atoms with Gasteiger partial charge in [-0.2, -0.15) is 0 Å². The quantitative estimate of drug-likeness (QED) is 0.680. The van der Waals surface area contributed by atoms with Gasteiger partial charge in [0.05, 0.1) is 12.0 Å². The van der Waals surface area contributed by atoms with E-state index in [0.29, 0.717) is 24.0 Å². The van der Waals surface area contributed by atoms with Gasteiger partial charge in [0.2, 0.25) is 0 Å². The number of aromatic amines is 1. The third-order valence-corrected chi connectivity index (χ3v) is 5.19. The smallest absolute Gasteiger partial charge is 0.334 e. The number of piperazine rings is 1. The van der Waals surface area contributed by atoms with E-state index in [-0.39, 0.29) is 0 Å². The molecule has 148 valence electrons. The number of methoxy groups -OCH3 is 1. The Labute approximate surface area is 161 Å². The molecule has 3 heterocycles. The van der Waals surface area contributed by atoms with Crippen LogP contribution in [0.3, 0.4) is 0 Å². The first-order chi connectivity index (χ1) is 13.5. The van der Waals surface area contributed by atoms with Gasteiger partial charge in [0.25, 0.3) is 5.56 Å². The number of aromatic nitrogens is 3. The highest BCUT2D eigenvalue weighted by molar-refractivity contribution is 5.84. The average Bonchev–Trinajstić information content (AvgIpc) is 3.08. The average molecular weight is 385 g/mol. The Morgan fingerprint density at radius 1 is 1.29 bits per heavy atom. The van der Waals surface area contributed by atoms with Crippen LogP contribution in [0.4, 0.5) is 0 Å². The third kappa shape index (κ3) is 3.64. The van der Waals surface area contributed by atoms with Crippen LogP contribution in [0, 0.1) is 0 Å². The molecule has 1 aromatic carbocycles. The molecule has 9 heteroatoms. The molecule has 0 amide bonds. The molecule has 0 bridgehead atoms. The van der Waals surface area contributed by atoms with Gasteiger partial charge in [-0.05, 0) is 24.7 Å². The van der Waals surface area contributed by atoms with E-state index < -0.39 is 11.2 Å². The predicted molar refractivity (Wildman–Crippen MR) is 104 cm³/mol. The van der Waals surface area contributed by atoms with Crippen molar-refractivity contribution in [3.63, 3.8) is 0 Å². The first-order valence-corrected chi connectivity index (χ1v) is 9.17. The Morgan fingerprint density at radius 3 is 2.93 bits per heavy atom. The predicted octanol–water partition coefficient (Wildman–Crippen LogP) is 0.429. The van der Waals surface area contributed by atoms with E-state index in [4.69, 9.17) is 9.26 Å². The molecule has 0 aliphatic carbocycles. The minimum absolute atomic E-state index is 0.369. The number of nitrogens with one attached hydrogen (secondary N) is 1. The molecule has 9 nitrogen and oxygen atoms in total. The minimum atomic E-state index is -0.547. The summed E-state index contributed by atoms with van der Waals surface area (Å²) in [5.74, 6) is 0.369. The molecule has 1 N–H and O–H groups in total. The zero-order valence-corrected chi connectivity index (χ0v) is 15.9. The van der Waals surface area contributed by atoms with Crippen molar-refractivity contribution in [1.82, 2.24) is 24.5 Å². The highest BCUT2D eigenvalue weighted by Gasteiger charge is 2.24. The Balaban J connectivity index is 1.61. The molecule has 28 heavy (non-hydrogen) atoms. The lowest BCUT2D eigenvalue weighted by molar-refractivity contribution is 0.0374. The van der Waals surface area contributed by atoms with Crippen molar-refractivity contribution in [1.29, 1.82) is 0 Å². The molecule has 0 radical (unpaired) electrons. The van der Waals surface area contributed by atoms with E-state index in [1.807, 2.05) is 18.2 Å². The summed E-state index contributed by atoms with van der Waals surface area (Å²) in [5.41, 5.74) is 0.702. The largest absolute Gasteiger partial charge is 0.383 e. The van der Waals surface area contributed by atoms with Crippen molar-refractivity contribution in [2.45, 2.75) is 12.6 Å². The van der Waals surface area contributed by atoms with Gasteiger partial charge in [-0.25, -0.2) is 9.36 Å². The van der Waals surface area contributed by atoms with Gasteiger partial charge in [0.15, 0.2) is 11.4 Å². The summed E-state index contributed by atoms with van der Waals surface area (Å²) in [4.78, 5) is 30.4. The van der Waals surface area contributed by atoms with Crippen LogP contribution in [0.25, 0.3) is 16.8 Å². The summed E-state index contributed by atoms with van der Waals surface area (Å²) in [5, 5.41) is 4.75. The maximum atomic E-state index is 12.1. The summed E-state index contributed by atoms with van der Waals surface area (Å²) < 4.78 is 12.0. The first-order valence-electron chi connectivity index (χ1n) is 9.17. The Hall–Kier alpha value is -2.75. The summed E-state index contributed by atoms with van der Waals surface area (Å²) in [7, 11) is 3.85. The van der Waals surface area contributed by atoms with Crippen LogP contribution in [0.2, 0.25) is 0 Å². The normalized spacial score (nSPS) is 18.7. The van der Waals surface area contributed by atoms with E-state index >= 15 is 0 Å². The van der Waals surface area contributed by atoms with Crippen LogP contribution in [-0.4, -0.2) is 70.9 Å². The number of H-pyrrole nitrogens is 1. The van der Waals surface area contributed by atoms with Gasteiger partial charge in [0, 0.05) is 51.6 Å². The molecule has 1 fully saturated rings. The second-order valence-electron chi connectivity index (χ2n) is 7.14. The number of benzene rings is 1. The molecule has 4 rings (SSSR count). The maximum absolute atomic E-state index is 12.1. The molecular formula is C19H23N5O4. The van der Waals surface area contributed by atoms with Gasteiger partial charge in [-0.15, -0.1) is 0 Å². The van der Waals surface area contributed by atoms with Crippen molar-refractivity contribution in [3.8, 4) is 5.82 Å². The fraction of sp³-hybridized carbons (Fsp3) is 0.421. The maximum Gasteiger partial charge on any atom is 0.334 e. The number of hydrogen-bond donors (Lipinski definition) is 1. The van der Waals surface area contributed by atoms with E-state index in [1.54, 1.807) is 7.11 Å². The fourth-order valence-corrected chi connectivity index (χ4v) is 3.61. The van der Waals surface area contributed by atoms with Crippen LogP contribution >= 0.6 is 0 Å². The van der Waals surface area contributed by atoms with Crippen molar-refractivity contribution < 1.29 is 9.26 Å². The number of ether oxygens (including phenoxy) is 1. The SMILES string of the molecule is COCC1CN(Cc2ccc3onc(-n4ccc(=O)[nH]c4=O)c3c2)CCN1C. The monoisotopic (exact) mass is 385 g/mol. The molecule has 3 aromatic rings. The van der Waals surface area contributed by atoms with Crippen molar-refractivity contribution in [2.24, 2.45) is 0 Å². The summed E-state index contributed by atoms with van der Waals surface area (Å²) in [6, 6.07) is 7.51. The van der Waals surface area contributed by atoms with E-state index in [0.717, 1.165) is 37.1 Å². The van der Waals surface area contributed by atoms with Crippen LogP contribution in [0.5, 0.6) is 0 Å². The fourth-order valence-electron chi connectivity index (χ4n) is 3.61. The number of hydrogen-bond acceptors (Lipinski definition) is 7. The lowest BCUT2D eigenvalue weighted by atomic mass is 10.1. The first kappa shape index (κ1) is 18.6. The van der Waals surface area contributed by atoms with Crippen LogP contribution in [-0.2, 0) is 11.3 Å². The summed E-state index contributed by atoms with van der Waals surface area (Å²) >= 11 is 0. The van der Waals surface area contributed by atoms with Crippen molar-refractivity contribution in [2.75, 3.05) is 40.4 Å². The van der Waals surface area contributed by atoms with E-state index in [1.165, 1.54) is 16.8 Å². The zero-order valence-electron chi connectivity index (χ0n) is 15.9. The lowest BCUT2D eigenvalue weighted by Crippen LogP contribution is -2.52. The summed E-state index contributed by atoms with van der Waals surface area (Å²) in [6.45, 7) is 4.39. The minimum Gasteiger partial charge on any atom is -0.383 e. The van der Waals surface area contributed by atoms with Crippen molar-refractivity contribution in [3.05, 3.63) is 56.9 Å². The topological polar surface area (TPSA) is 96.6 Å². The third-order valence-electron chi connectivity index (χ3n) is 5.19. The molecule has 1 aliphatic rings. The number of likely N-dealkylation sites (N-methyl/N-ethyl adjacent to an activating group) is 1. The van der Waals surface area contributed by atoms with Gasteiger partial charge in [-0.1, -0.05) is 11.2 Å². The van der Waals surface area contributed by atoms with Gasteiger partial charge >= 0.3 is 5.69 Å². The van der Waals surface area contributed by atoms with Crippen LogP contribution in [0.15, 0.2) is 44.6 Å². The second-order valence-corrected chi connectivity index (χ2v) is 7.14. The van der Waals surface area contributed by atoms with Crippen LogP contribution < -0.4 is 11.2 Å². The van der Waals surface area contributed by atoms with Crippen LogP contribution in [0.1, 0.15) is 5.56 Å². The second kappa shape index (κ2) is 7.70. The number of rotatable bonds is 5. The van der Waals surface area contributed by atoms with Crippen molar-refractivity contribution >= 4 is 11.0 Å². The highest BCUT2D eigenvalue weighted by atomic mass is 16.5. The van der Waals surface area contributed by atoms with Gasteiger partial charge in [-0.3, -0.25) is 19.6 Å². The Bertz CT molecular complexity index is 1090. The molecule has 1 aliphatic heterocycles. The molecule has 1 unspecified atom stereocenters. The number of nitrogens with zero attached hydrogens (tertiary/aromatic N) is 4. The lowest BCUT2D eigenvalue weighted by Gasteiger charge is -2.39. The Kier molecular flexibility index (Phi) is 5.12. The highest BCUT2D eigenvalue weighted by Crippen LogP contribution is 2.23. The standard InChI is InChI=1S/C19H23N5O4/c1-22-7-8-23(11-14(22)12-27-2)10-13-3-4-16-15(9-13)18(21-28-16)24-6-5-17(25)20-19(24)26/h3-6,9,14H,7-8,10-12H2,1-2H3,(H,20,25,26). The molecule has 0 spiro atoms. The zero-order chi connectivity index (χ0) is 19.7. The summed E-state index contributed by atoms with van der Waals surface area (Å²) in [6.07, 6.45) is 1.40. The molecule has 1 saturated heterocycles. The van der Waals surface area contributed by atoms with Gasteiger partial charge < -0.3 is 9.26 Å². The molecule has 0 saturated carbocycles. The van der Waals surface area contributed by atoms with E-state index in [9.17, 15) is 9.59 Å². The Morgan fingerprint density at radius 2 is 2.14 bits per heavy atom. The molecule has 2 aromatic heterocycles. The number of fused-ring (bicyclic) bond motifs is 1. The van der Waals surface area contributed by atoms with Gasteiger partial charge in [0.1, 0.15) is 0 Å². The van der Waals surface area contributed by atoms with E-state index in [2.05, 4.69) is 27.0 Å². The molecular weight excluding hydrogens is 362 g/mol.